The average Bonchev–Trinajstić information content (AvgIpc) is 2.78. The molecule has 78 valence electrons. The molecule has 2 rings (SSSR count). The van der Waals surface area contributed by atoms with Gasteiger partial charge in [-0.15, -0.1) is 0 Å². The minimum absolute atomic E-state index is 0.243. The van der Waals surface area contributed by atoms with E-state index >= 15 is 0 Å². The number of nitriles is 1. The molecule has 1 aromatic rings. The summed E-state index contributed by atoms with van der Waals surface area (Å²) in [5, 5.41) is 17.7. The molecular formula is C11H13N3O. The highest BCUT2D eigenvalue weighted by Gasteiger charge is 2.22. The molecule has 0 amide bonds. The quantitative estimate of drug-likeness (QED) is 0.771. The first-order valence-electron chi connectivity index (χ1n) is 5.05. The van der Waals surface area contributed by atoms with Gasteiger partial charge < -0.3 is 10.0 Å². The third-order valence-electron chi connectivity index (χ3n) is 2.75. The van der Waals surface area contributed by atoms with Crippen LogP contribution in [0.3, 0.4) is 0 Å². The lowest BCUT2D eigenvalue weighted by Gasteiger charge is -2.16. The van der Waals surface area contributed by atoms with Crippen LogP contribution in [-0.2, 0) is 0 Å². The van der Waals surface area contributed by atoms with E-state index in [1.165, 1.54) is 0 Å². The molecule has 1 atom stereocenters. The van der Waals surface area contributed by atoms with Gasteiger partial charge in [0.05, 0.1) is 5.56 Å². The van der Waals surface area contributed by atoms with Crippen molar-refractivity contribution in [3.8, 4) is 6.07 Å². The molecule has 1 fully saturated rings. The lowest BCUT2D eigenvalue weighted by atomic mass is 10.1. The van der Waals surface area contributed by atoms with Crippen molar-refractivity contribution in [2.45, 2.75) is 6.42 Å². The van der Waals surface area contributed by atoms with E-state index in [4.69, 9.17) is 10.4 Å². The predicted octanol–water partition coefficient (Wildman–Crippen LogP) is 0.772. The Labute approximate surface area is 88.8 Å². The first kappa shape index (κ1) is 9.94. The summed E-state index contributed by atoms with van der Waals surface area (Å²) in [7, 11) is 0. The SMILES string of the molecule is N#Cc1ccc(N2CCC(CO)C2)nc1. The molecule has 1 N–H and O–H groups in total. The molecule has 0 radical (unpaired) electrons. The Hall–Kier alpha value is -1.60. The van der Waals surface area contributed by atoms with Crippen LogP contribution in [0, 0.1) is 17.2 Å². The summed E-state index contributed by atoms with van der Waals surface area (Å²) in [6, 6.07) is 5.68. The zero-order valence-electron chi connectivity index (χ0n) is 8.43. The highest BCUT2D eigenvalue weighted by atomic mass is 16.3. The molecule has 0 saturated carbocycles. The number of hydrogen-bond acceptors (Lipinski definition) is 4. The second-order valence-corrected chi connectivity index (χ2v) is 3.80. The van der Waals surface area contributed by atoms with E-state index in [2.05, 4.69) is 9.88 Å². The van der Waals surface area contributed by atoms with E-state index in [0.29, 0.717) is 11.5 Å². The maximum absolute atomic E-state index is 9.02. The van der Waals surface area contributed by atoms with Crippen molar-refractivity contribution in [2.24, 2.45) is 5.92 Å². The molecule has 4 heteroatoms. The smallest absolute Gasteiger partial charge is 0.128 e. The number of aliphatic hydroxyl groups excluding tert-OH is 1. The van der Waals surface area contributed by atoms with E-state index in [0.717, 1.165) is 25.3 Å². The molecule has 0 aromatic carbocycles. The maximum atomic E-state index is 9.02. The summed E-state index contributed by atoms with van der Waals surface area (Å²) in [4.78, 5) is 6.36. The van der Waals surface area contributed by atoms with Crippen molar-refractivity contribution in [1.82, 2.24) is 4.98 Å². The molecule has 0 bridgehead atoms. The van der Waals surface area contributed by atoms with Crippen LogP contribution in [0.5, 0.6) is 0 Å². The molecule has 0 aliphatic carbocycles. The average molecular weight is 203 g/mol. The van der Waals surface area contributed by atoms with Gasteiger partial charge in [0.25, 0.3) is 0 Å². The molecular weight excluding hydrogens is 190 g/mol. The maximum Gasteiger partial charge on any atom is 0.128 e. The van der Waals surface area contributed by atoms with E-state index < -0.39 is 0 Å². The largest absolute Gasteiger partial charge is 0.396 e. The van der Waals surface area contributed by atoms with Crippen LogP contribution in [-0.4, -0.2) is 29.8 Å². The summed E-state index contributed by atoms with van der Waals surface area (Å²) in [6.07, 6.45) is 2.60. The number of anilines is 1. The van der Waals surface area contributed by atoms with Crippen LogP contribution < -0.4 is 4.90 Å². The molecule has 1 saturated heterocycles. The monoisotopic (exact) mass is 203 g/mol. The topological polar surface area (TPSA) is 60.2 Å². The van der Waals surface area contributed by atoms with Crippen molar-refractivity contribution in [3.63, 3.8) is 0 Å². The van der Waals surface area contributed by atoms with E-state index in [-0.39, 0.29) is 6.61 Å². The van der Waals surface area contributed by atoms with E-state index in [1.54, 1.807) is 12.3 Å². The highest BCUT2D eigenvalue weighted by molar-refractivity contribution is 5.42. The van der Waals surface area contributed by atoms with Crippen molar-refractivity contribution >= 4 is 5.82 Å². The minimum Gasteiger partial charge on any atom is -0.396 e. The fourth-order valence-corrected chi connectivity index (χ4v) is 1.83. The van der Waals surface area contributed by atoms with Crippen molar-refractivity contribution < 1.29 is 5.11 Å². The van der Waals surface area contributed by atoms with Crippen LogP contribution in [0.1, 0.15) is 12.0 Å². The van der Waals surface area contributed by atoms with Gasteiger partial charge in [0.1, 0.15) is 11.9 Å². The van der Waals surface area contributed by atoms with Gasteiger partial charge in [-0.1, -0.05) is 0 Å². The first-order chi connectivity index (χ1) is 7.33. The summed E-state index contributed by atoms with van der Waals surface area (Å²) in [6.45, 7) is 2.03. The molecule has 15 heavy (non-hydrogen) atoms. The Bertz CT molecular complexity index is 368. The van der Waals surface area contributed by atoms with E-state index in [1.807, 2.05) is 12.1 Å². The van der Waals surface area contributed by atoms with Crippen molar-refractivity contribution in [3.05, 3.63) is 23.9 Å². The van der Waals surface area contributed by atoms with Gasteiger partial charge in [0.2, 0.25) is 0 Å². The van der Waals surface area contributed by atoms with Gasteiger partial charge in [0.15, 0.2) is 0 Å². The van der Waals surface area contributed by atoms with Crippen LogP contribution in [0.25, 0.3) is 0 Å². The number of rotatable bonds is 2. The fraction of sp³-hybridized carbons (Fsp3) is 0.455. The van der Waals surface area contributed by atoms with Crippen LogP contribution >= 0.6 is 0 Å². The van der Waals surface area contributed by atoms with Gasteiger partial charge in [-0.3, -0.25) is 0 Å². The van der Waals surface area contributed by atoms with Crippen molar-refractivity contribution in [2.75, 3.05) is 24.6 Å². The van der Waals surface area contributed by atoms with Gasteiger partial charge in [-0.2, -0.15) is 5.26 Å². The van der Waals surface area contributed by atoms with E-state index in [9.17, 15) is 0 Å². The number of pyridine rings is 1. The molecule has 2 heterocycles. The third-order valence-corrected chi connectivity index (χ3v) is 2.75. The number of hydrogen-bond donors (Lipinski definition) is 1. The van der Waals surface area contributed by atoms with Crippen LogP contribution in [0.4, 0.5) is 5.82 Å². The normalized spacial score (nSPS) is 20.3. The number of aromatic nitrogens is 1. The Balaban J connectivity index is 2.08. The lowest BCUT2D eigenvalue weighted by molar-refractivity contribution is 0.238. The molecule has 1 unspecified atom stereocenters. The summed E-state index contributed by atoms with van der Waals surface area (Å²) in [5.74, 6) is 1.26. The summed E-state index contributed by atoms with van der Waals surface area (Å²) < 4.78 is 0. The van der Waals surface area contributed by atoms with Crippen LogP contribution in [0.15, 0.2) is 18.3 Å². The van der Waals surface area contributed by atoms with Gasteiger partial charge >= 0.3 is 0 Å². The third kappa shape index (κ3) is 2.08. The van der Waals surface area contributed by atoms with Gasteiger partial charge in [-0.25, -0.2) is 4.98 Å². The highest BCUT2D eigenvalue weighted by Crippen LogP contribution is 2.21. The molecule has 0 spiro atoms. The zero-order valence-corrected chi connectivity index (χ0v) is 8.43. The summed E-state index contributed by atoms with van der Waals surface area (Å²) in [5.41, 5.74) is 0.580. The molecule has 1 aliphatic heterocycles. The Kier molecular flexibility index (Phi) is 2.84. The number of nitrogens with zero attached hydrogens (tertiary/aromatic N) is 3. The number of aliphatic hydroxyl groups is 1. The van der Waals surface area contributed by atoms with Crippen molar-refractivity contribution in [1.29, 1.82) is 5.26 Å². The van der Waals surface area contributed by atoms with Gasteiger partial charge in [0, 0.05) is 31.8 Å². The molecule has 1 aromatic heterocycles. The summed E-state index contributed by atoms with van der Waals surface area (Å²) >= 11 is 0. The standard InChI is InChI=1S/C11H13N3O/c12-5-9-1-2-11(13-6-9)14-4-3-10(7-14)8-15/h1-2,6,10,15H,3-4,7-8H2. The second-order valence-electron chi connectivity index (χ2n) is 3.80. The first-order valence-corrected chi connectivity index (χ1v) is 5.05. The molecule has 1 aliphatic rings. The predicted molar refractivity (Wildman–Crippen MR) is 56.4 cm³/mol. The Morgan fingerprint density at radius 1 is 1.60 bits per heavy atom. The minimum atomic E-state index is 0.243. The van der Waals surface area contributed by atoms with Crippen LogP contribution in [0.2, 0.25) is 0 Å². The Morgan fingerprint density at radius 3 is 3.00 bits per heavy atom. The Morgan fingerprint density at radius 2 is 2.47 bits per heavy atom. The molecule has 4 nitrogen and oxygen atoms in total. The van der Waals surface area contributed by atoms with Gasteiger partial charge in [-0.05, 0) is 18.6 Å². The second kappa shape index (κ2) is 4.28. The zero-order chi connectivity index (χ0) is 10.7. The lowest BCUT2D eigenvalue weighted by Crippen LogP contribution is -2.21. The fourth-order valence-electron chi connectivity index (χ4n) is 1.83.